The van der Waals surface area contributed by atoms with Gasteiger partial charge in [-0.15, -0.1) is 0 Å². The molecule has 0 aliphatic rings. The molecule has 1 aromatic heterocycles. The minimum atomic E-state index is -4.75. The number of ether oxygens (including phenoxy) is 1. The van der Waals surface area contributed by atoms with Gasteiger partial charge in [0.25, 0.3) is 20.2 Å². The zero-order chi connectivity index (χ0) is 27.1. The van der Waals surface area contributed by atoms with E-state index >= 15 is 0 Å². The second kappa shape index (κ2) is 9.52. The maximum absolute atomic E-state index is 11.9. The first kappa shape index (κ1) is 26.2. The van der Waals surface area contributed by atoms with E-state index in [-0.39, 0.29) is 39.2 Å². The first-order chi connectivity index (χ1) is 17.3. The standard InChI is InChI=1S/C24H21N3O8S2/c1-13-4-7-15(8-5-13)22-25-23(16-9-6-14(2)20(10-16)36(29,30)31)27-24(26-22)17-11-21(37(32,33)34)19(35-3)12-18(17)28/h4-12,28H,1-3H3,(H,29,30,31)(H,32,33,34). The molecule has 0 spiro atoms. The molecule has 0 unspecified atom stereocenters. The van der Waals surface area contributed by atoms with Crippen molar-refractivity contribution in [1.82, 2.24) is 15.0 Å². The van der Waals surface area contributed by atoms with Gasteiger partial charge in [0.1, 0.15) is 16.4 Å². The van der Waals surface area contributed by atoms with Crippen LogP contribution in [0.5, 0.6) is 11.5 Å². The summed E-state index contributed by atoms with van der Waals surface area (Å²) < 4.78 is 71.8. The van der Waals surface area contributed by atoms with Crippen LogP contribution in [-0.4, -0.2) is 53.1 Å². The summed E-state index contributed by atoms with van der Waals surface area (Å²) >= 11 is 0. The molecule has 0 fully saturated rings. The highest BCUT2D eigenvalue weighted by atomic mass is 32.2. The molecule has 0 saturated heterocycles. The Morgan fingerprint density at radius 3 is 1.81 bits per heavy atom. The minimum Gasteiger partial charge on any atom is -0.507 e. The highest BCUT2D eigenvalue weighted by Gasteiger charge is 2.23. The van der Waals surface area contributed by atoms with Crippen LogP contribution in [-0.2, 0) is 20.2 Å². The summed E-state index contributed by atoms with van der Waals surface area (Å²) in [4.78, 5) is 12.2. The quantitative estimate of drug-likeness (QED) is 0.302. The average Bonchev–Trinajstić information content (AvgIpc) is 2.82. The summed E-state index contributed by atoms with van der Waals surface area (Å²) in [5.41, 5.74) is 1.87. The molecular formula is C24H21N3O8S2. The zero-order valence-corrected chi connectivity index (χ0v) is 21.4. The molecule has 0 aliphatic heterocycles. The third-order valence-corrected chi connectivity index (χ3v) is 7.34. The Labute approximate surface area is 213 Å². The number of phenolic OH excluding ortho intramolecular Hbond substituents is 1. The lowest BCUT2D eigenvalue weighted by Gasteiger charge is -2.13. The Hall–Kier alpha value is -3.91. The number of aryl methyl sites for hydroxylation is 2. The predicted molar refractivity (Wildman–Crippen MR) is 133 cm³/mol. The van der Waals surface area contributed by atoms with Gasteiger partial charge >= 0.3 is 0 Å². The molecule has 0 bridgehead atoms. The van der Waals surface area contributed by atoms with E-state index in [1.807, 2.05) is 19.1 Å². The van der Waals surface area contributed by atoms with E-state index in [9.17, 15) is 31.0 Å². The summed E-state index contributed by atoms with van der Waals surface area (Å²) in [6.45, 7) is 3.40. The molecule has 0 saturated carbocycles. The summed E-state index contributed by atoms with van der Waals surface area (Å²) in [6.07, 6.45) is 0. The second-order valence-electron chi connectivity index (χ2n) is 8.12. The van der Waals surface area contributed by atoms with Crippen molar-refractivity contribution in [2.75, 3.05) is 7.11 Å². The number of aromatic hydroxyl groups is 1. The third kappa shape index (κ3) is 5.44. The number of hydrogen-bond acceptors (Lipinski definition) is 9. The maximum atomic E-state index is 11.9. The molecule has 0 radical (unpaired) electrons. The smallest absolute Gasteiger partial charge is 0.298 e. The Kier molecular flexibility index (Phi) is 6.73. The van der Waals surface area contributed by atoms with Crippen molar-refractivity contribution in [3.63, 3.8) is 0 Å². The molecular weight excluding hydrogens is 522 g/mol. The van der Waals surface area contributed by atoms with Gasteiger partial charge in [-0.3, -0.25) is 9.11 Å². The fourth-order valence-corrected chi connectivity index (χ4v) is 4.98. The topological polar surface area (TPSA) is 177 Å². The van der Waals surface area contributed by atoms with Crippen molar-refractivity contribution in [1.29, 1.82) is 0 Å². The summed E-state index contributed by atoms with van der Waals surface area (Å²) in [6, 6.07) is 13.3. The molecule has 3 aromatic carbocycles. The number of methoxy groups -OCH3 is 1. The minimum absolute atomic E-state index is 0.0194. The monoisotopic (exact) mass is 543 g/mol. The van der Waals surface area contributed by atoms with E-state index < -0.39 is 30.9 Å². The van der Waals surface area contributed by atoms with Crippen molar-refractivity contribution < 1.29 is 35.8 Å². The first-order valence-corrected chi connectivity index (χ1v) is 13.5. The number of rotatable bonds is 6. The Morgan fingerprint density at radius 2 is 1.24 bits per heavy atom. The molecule has 4 rings (SSSR count). The lowest BCUT2D eigenvalue weighted by molar-refractivity contribution is 0.392. The Bertz CT molecular complexity index is 1740. The van der Waals surface area contributed by atoms with Gasteiger partial charge in [-0.2, -0.15) is 16.8 Å². The van der Waals surface area contributed by atoms with E-state index in [4.69, 9.17) is 4.74 Å². The van der Waals surface area contributed by atoms with Crippen LogP contribution in [0.3, 0.4) is 0 Å². The fourth-order valence-electron chi connectivity index (χ4n) is 3.56. The van der Waals surface area contributed by atoms with Crippen LogP contribution in [0.1, 0.15) is 11.1 Å². The second-order valence-corrected chi connectivity index (χ2v) is 10.9. The Morgan fingerprint density at radius 1 is 0.703 bits per heavy atom. The van der Waals surface area contributed by atoms with Gasteiger partial charge in [0.2, 0.25) is 0 Å². The molecule has 192 valence electrons. The van der Waals surface area contributed by atoms with Gasteiger partial charge < -0.3 is 9.84 Å². The van der Waals surface area contributed by atoms with Crippen molar-refractivity contribution in [3.8, 4) is 45.7 Å². The molecule has 0 amide bonds. The Balaban J connectivity index is 2.03. The highest BCUT2D eigenvalue weighted by Crippen LogP contribution is 2.37. The fraction of sp³-hybridized carbons (Fsp3) is 0.125. The summed E-state index contributed by atoms with van der Waals surface area (Å²) in [5, 5.41) is 10.6. The van der Waals surface area contributed by atoms with Gasteiger partial charge in [0.05, 0.1) is 17.6 Å². The largest absolute Gasteiger partial charge is 0.507 e. The van der Waals surface area contributed by atoms with Crippen molar-refractivity contribution in [2.45, 2.75) is 23.6 Å². The lowest BCUT2D eigenvalue weighted by atomic mass is 10.1. The number of nitrogens with zero attached hydrogens (tertiary/aromatic N) is 3. The van der Waals surface area contributed by atoms with E-state index in [0.717, 1.165) is 17.7 Å². The van der Waals surface area contributed by atoms with Crippen LogP contribution in [0.15, 0.2) is 64.4 Å². The molecule has 13 heteroatoms. The highest BCUT2D eigenvalue weighted by molar-refractivity contribution is 7.86. The number of aromatic nitrogens is 3. The van der Waals surface area contributed by atoms with Crippen LogP contribution < -0.4 is 4.74 Å². The van der Waals surface area contributed by atoms with E-state index in [1.165, 1.54) is 26.2 Å². The van der Waals surface area contributed by atoms with E-state index in [2.05, 4.69) is 15.0 Å². The van der Waals surface area contributed by atoms with Gasteiger partial charge in [-0.05, 0) is 31.5 Å². The van der Waals surface area contributed by atoms with Crippen LogP contribution in [0.25, 0.3) is 34.2 Å². The molecule has 0 aliphatic carbocycles. The number of phenols is 1. The maximum Gasteiger partial charge on any atom is 0.298 e. The van der Waals surface area contributed by atoms with Crippen molar-refractivity contribution in [3.05, 3.63) is 65.7 Å². The van der Waals surface area contributed by atoms with Crippen LogP contribution in [0, 0.1) is 13.8 Å². The van der Waals surface area contributed by atoms with Crippen molar-refractivity contribution in [2.24, 2.45) is 0 Å². The molecule has 37 heavy (non-hydrogen) atoms. The molecule has 1 heterocycles. The summed E-state index contributed by atoms with van der Waals surface area (Å²) in [7, 11) is -8.13. The predicted octanol–water partition coefficient (Wildman–Crippen LogP) is 3.70. The van der Waals surface area contributed by atoms with Crippen LogP contribution >= 0.6 is 0 Å². The molecule has 3 N–H and O–H groups in total. The normalized spacial score (nSPS) is 11.9. The van der Waals surface area contributed by atoms with Crippen LogP contribution in [0.2, 0.25) is 0 Å². The average molecular weight is 544 g/mol. The van der Waals surface area contributed by atoms with Gasteiger partial charge in [-0.1, -0.05) is 42.0 Å². The molecule has 4 aromatic rings. The van der Waals surface area contributed by atoms with Gasteiger partial charge in [0.15, 0.2) is 17.5 Å². The van der Waals surface area contributed by atoms with Gasteiger partial charge in [0, 0.05) is 17.2 Å². The van der Waals surface area contributed by atoms with Gasteiger partial charge in [-0.25, -0.2) is 15.0 Å². The molecule has 11 nitrogen and oxygen atoms in total. The third-order valence-electron chi connectivity index (χ3n) is 5.47. The van der Waals surface area contributed by atoms with E-state index in [0.29, 0.717) is 11.1 Å². The zero-order valence-electron chi connectivity index (χ0n) is 19.7. The lowest BCUT2D eigenvalue weighted by Crippen LogP contribution is -2.05. The number of hydrogen-bond donors (Lipinski definition) is 3. The van der Waals surface area contributed by atoms with Crippen molar-refractivity contribution >= 4 is 20.2 Å². The summed E-state index contributed by atoms with van der Waals surface area (Å²) in [5.74, 6) is -0.793. The number of benzene rings is 3. The molecule has 0 atom stereocenters. The van der Waals surface area contributed by atoms with E-state index in [1.54, 1.807) is 18.2 Å². The first-order valence-electron chi connectivity index (χ1n) is 10.6. The van der Waals surface area contributed by atoms with Crippen LogP contribution in [0.4, 0.5) is 0 Å². The SMILES string of the molecule is COc1cc(O)c(-c2nc(-c3ccc(C)cc3)nc(-c3ccc(C)c(S(=O)(=O)O)c3)n2)cc1S(=O)(=O)O.